The molecule has 1 aromatic rings. The van der Waals surface area contributed by atoms with Gasteiger partial charge < -0.3 is 5.11 Å². The molecule has 0 unspecified atom stereocenters. The predicted molar refractivity (Wildman–Crippen MR) is 97.6 cm³/mol. The summed E-state index contributed by atoms with van der Waals surface area (Å²) in [6.45, 7) is 10.9. The summed E-state index contributed by atoms with van der Waals surface area (Å²) in [5.74, 6) is 1.77. The van der Waals surface area contributed by atoms with E-state index in [0.717, 1.165) is 31.2 Å². The molecule has 0 saturated carbocycles. The van der Waals surface area contributed by atoms with Gasteiger partial charge in [-0.25, -0.2) is 0 Å². The van der Waals surface area contributed by atoms with Gasteiger partial charge in [0.2, 0.25) is 0 Å². The summed E-state index contributed by atoms with van der Waals surface area (Å²) in [5, 5.41) is 10.8. The first-order valence-corrected chi connectivity index (χ1v) is 9.23. The Morgan fingerprint density at radius 3 is 1.82 bits per heavy atom. The first-order chi connectivity index (χ1) is 10.6. The van der Waals surface area contributed by atoms with E-state index in [1.807, 2.05) is 0 Å². The van der Waals surface area contributed by atoms with E-state index in [9.17, 15) is 5.11 Å². The molecule has 0 amide bonds. The van der Waals surface area contributed by atoms with Gasteiger partial charge in [-0.15, -0.1) is 0 Å². The number of hydrogen-bond donors (Lipinski definition) is 1. The van der Waals surface area contributed by atoms with Crippen molar-refractivity contribution in [2.45, 2.75) is 92.4 Å². The van der Waals surface area contributed by atoms with Gasteiger partial charge in [0, 0.05) is 11.5 Å². The third-order valence-corrected chi connectivity index (χ3v) is 4.51. The molecule has 0 spiro atoms. The molecule has 0 aliphatic rings. The summed E-state index contributed by atoms with van der Waals surface area (Å²) < 4.78 is 0. The molecule has 0 aromatic heterocycles. The molecule has 0 aliphatic carbocycles. The molecule has 1 rings (SSSR count). The van der Waals surface area contributed by atoms with E-state index in [1.165, 1.54) is 54.7 Å². The minimum absolute atomic E-state index is 0.555. The standard InChI is InChI=1S/C21H35O/c1-6-9-12-17-15-20(16(4)5)21(22)19(14-11-8-3)18(17)13-10-7-2/h15,22H,6-14H2,1-5H3. The van der Waals surface area contributed by atoms with Crippen LogP contribution in [0.25, 0.3) is 0 Å². The largest absolute Gasteiger partial charge is 0.507 e. The summed E-state index contributed by atoms with van der Waals surface area (Å²) in [5.41, 5.74) is 5.24. The highest BCUT2D eigenvalue weighted by Gasteiger charge is 2.18. The summed E-state index contributed by atoms with van der Waals surface area (Å²) in [6.07, 6.45) is 10.5. The van der Waals surface area contributed by atoms with Crippen molar-refractivity contribution in [2.24, 2.45) is 0 Å². The van der Waals surface area contributed by atoms with Gasteiger partial charge in [-0.3, -0.25) is 0 Å². The lowest BCUT2D eigenvalue weighted by molar-refractivity contribution is 0.460. The van der Waals surface area contributed by atoms with Crippen LogP contribution in [0.3, 0.4) is 0 Å². The van der Waals surface area contributed by atoms with Crippen molar-refractivity contribution in [3.8, 4) is 5.75 Å². The average molecular weight is 304 g/mol. The molecule has 1 aromatic carbocycles. The smallest absolute Gasteiger partial charge is 0.122 e. The third kappa shape index (κ3) is 5.04. The molecule has 1 radical (unpaired) electrons. The molecular formula is C21H35O. The van der Waals surface area contributed by atoms with Crippen LogP contribution in [0.15, 0.2) is 6.07 Å². The average Bonchev–Trinajstić information content (AvgIpc) is 2.50. The summed E-state index contributed by atoms with van der Waals surface area (Å²) in [7, 11) is 0. The molecular weight excluding hydrogens is 268 g/mol. The maximum atomic E-state index is 10.8. The predicted octanol–water partition coefficient (Wildman–Crippen LogP) is 6.38. The first kappa shape index (κ1) is 19.1. The summed E-state index contributed by atoms with van der Waals surface area (Å²) in [4.78, 5) is 0. The number of unbranched alkanes of at least 4 members (excludes halogenated alkanes) is 3. The molecule has 0 saturated heterocycles. The lowest BCUT2D eigenvalue weighted by Crippen LogP contribution is -2.06. The van der Waals surface area contributed by atoms with Crippen LogP contribution >= 0.6 is 0 Å². The third-order valence-electron chi connectivity index (χ3n) is 4.51. The fourth-order valence-corrected chi connectivity index (χ4v) is 3.09. The van der Waals surface area contributed by atoms with Crippen LogP contribution in [-0.4, -0.2) is 5.11 Å². The van der Waals surface area contributed by atoms with Crippen molar-refractivity contribution in [3.05, 3.63) is 34.2 Å². The minimum Gasteiger partial charge on any atom is -0.507 e. The van der Waals surface area contributed by atoms with E-state index < -0.39 is 0 Å². The Hall–Kier alpha value is -0.980. The zero-order chi connectivity index (χ0) is 16.5. The lowest BCUT2D eigenvalue weighted by atomic mass is 9.85. The first-order valence-electron chi connectivity index (χ1n) is 9.23. The maximum Gasteiger partial charge on any atom is 0.122 e. The Bertz CT molecular complexity index is 446. The molecule has 0 fully saturated rings. The molecule has 1 heteroatoms. The maximum absolute atomic E-state index is 10.8. The van der Waals surface area contributed by atoms with Crippen LogP contribution in [-0.2, 0) is 19.3 Å². The second kappa shape index (κ2) is 9.92. The van der Waals surface area contributed by atoms with Crippen LogP contribution in [0.1, 0.15) is 95.4 Å². The van der Waals surface area contributed by atoms with Crippen LogP contribution in [0.5, 0.6) is 5.75 Å². The van der Waals surface area contributed by atoms with Crippen molar-refractivity contribution < 1.29 is 5.11 Å². The fraction of sp³-hybridized carbons (Fsp3) is 0.667. The van der Waals surface area contributed by atoms with Crippen molar-refractivity contribution in [1.29, 1.82) is 0 Å². The zero-order valence-electron chi connectivity index (χ0n) is 15.4. The molecule has 1 nitrogen and oxygen atoms in total. The highest BCUT2D eigenvalue weighted by molar-refractivity contribution is 5.54. The highest BCUT2D eigenvalue weighted by atomic mass is 16.3. The van der Waals surface area contributed by atoms with Crippen LogP contribution < -0.4 is 0 Å². The highest BCUT2D eigenvalue weighted by Crippen LogP contribution is 2.36. The Kier molecular flexibility index (Phi) is 8.60. The zero-order valence-corrected chi connectivity index (χ0v) is 15.4. The van der Waals surface area contributed by atoms with E-state index in [1.54, 1.807) is 0 Å². The van der Waals surface area contributed by atoms with E-state index >= 15 is 0 Å². The van der Waals surface area contributed by atoms with E-state index in [-0.39, 0.29) is 0 Å². The van der Waals surface area contributed by atoms with Gasteiger partial charge in [0.25, 0.3) is 0 Å². The van der Waals surface area contributed by atoms with Crippen LogP contribution in [0.2, 0.25) is 0 Å². The van der Waals surface area contributed by atoms with Crippen molar-refractivity contribution in [2.75, 3.05) is 0 Å². The van der Waals surface area contributed by atoms with Crippen LogP contribution in [0, 0.1) is 5.92 Å². The van der Waals surface area contributed by atoms with Gasteiger partial charge >= 0.3 is 0 Å². The van der Waals surface area contributed by atoms with Crippen molar-refractivity contribution in [1.82, 2.24) is 0 Å². The number of phenolic OH excluding ortho intramolecular Hbond substituents is 1. The fourth-order valence-electron chi connectivity index (χ4n) is 3.09. The van der Waals surface area contributed by atoms with E-state index in [2.05, 4.69) is 40.7 Å². The Balaban J connectivity index is 3.32. The van der Waals surface area contributed by atoms with Gasteiger partial charge in [0.15, 0.2) is 0 Å². The van der Waals surface area contributed by atoms with Gasteiger partial charge in [-0.05, 0) is 55.2 Å². The molecule has 22 heavy (non-hydrogen) atoms. The molecule has 0 aliphatic heterocycles. The Morgan fingerprint density at radius 1 is 0.818 bits per heavy atom. The molecule has 0 atom stereocenters. The van der Waals surface area contributed by atoms with Crippen molar-refractivity contribution >= 4 is 0 Å². The van der Waals surface area contributed by atoms with Gasteiger partial charge in [0.05, 0.1) is 0 Å². The number of rotatable bonds is 10. The second-order valence-electron chi connectivity index (χ2n) is 6.70. The lowest BCUT2D eigenvalue weighted by Gasteiger charge is -2.21. The second-order valence-corrected chi connectivity index (χ2v) is 6.70. The number of hydrogen-bond acceptors (Lipinski definition) is 1. The van der Waals surface area contributed by atoms with Crippen LogP contribution in [0.4, 0.5) is 0 Å². The molecule has 125 valence electrons. The monoisotopic (exact) mass is 303 g/mol. The Labute approximate surface area is 138 Å². The SMILES string of the molecule is CCCCc1cc([C](C)C)c(O)c(CCCC)c1CCCC. The number of aryl methyl sites for hydroxylation is 1. The topological polar surface area (TPSA) is 20.2 Å². The van der Waals surface area contributed by atoms with E-state index in [0.29, 0.717) is 5.75 Å². The molecule has 1 N–H and O–H groups in total. The number of aromatic hydroxyl groups is 1. The summed E-state index contributed by atoms with van der Waals surface area (Å²) >= 11 is 0. The normalized spacial score (nSPS) is 11.4. The minimum atomic E-state index is 0.555. The van der Waals surface area contributed by atoms with E-state index in [4.69, 9.17) is 0 Å². The van der Waals surface area contributed by atoms with Gasteiger partial charge in [-0.2, -0.15) is 0 Å². The molecule has 0 heterocycles. The number of benzene rings is 1. The van der Waals surface area contributed by atoms with Gasteiger partial charge in [0.1, 0.15) is 5.75 Å². The summed E-state index contributed by atoms with van der Waals surface area (Å²) in [6, 6.07) is 2.26. The number of phenols is 1. The molecule has 0 bridgehead atoms. The van der Waals surface area contributed by atoms with Gasteiger partial charge in [-0.1, -0.05) is 59.9 Å². The Morgan fingerprint density at radius 2 is 1.32 bits per heavy atom. The van der Waals surface area contributed by atoms with Crippen molar-refractivity contribution in [3.63, 3.8) is 0 Å². The quantitative estimate of drug-likeness (QED) is 0.531.